The second-order valence-electron chi connectivity index (χ2n) is 8.75. The quantitative estimate of drug-likeness (QED) is 0.477. The number of β-lactam (4-membered cyclic amide) rings is 1. The Morgan fingerprint density at radius 3 is 2.41 bits per heavy atom. The van der Waals surface area contributed by atoms with Crippen LogP contribution in [-0.4, -0.2) is 42.8 Å². The first kappa shape index (κ1) is 23.4. The van der Waals surface area contributed by atoms with Crippen LogP contribution in [0.3, 0.4) is 0 Å². The van der Waals surface area contributed by atoms with Crippen LogP contribution >= 0.6 is 0 Å². The lowest BCUT2D eigenvalue weighted by Crippen LogP contribution is -2.71. The predicted molar refractivity (Wildman–Crippen MR) is 125 cm³/mol. The highest BCUT2D eigenvalue weighted by Crippen LogP contribution is 2.34. The van der Waals surface area contributed by atoms with E-state index >= 15 is 0 Å². The van der Waals surface area contributed by atoms with Crippen LogP contribution in [0.25, 0.3) is 0 Å². The zero-order valence-electron chi connectivity index (χ0n) is 19.4. The Kier molecular flexibility index (Phi) is 6.58. The van der Waals surface area contributed by atoms with Crippen molar-refractivity contribution in [3.63, 3.8) is 0 Å². The molecule has 2 heterocycles. The van der Waals surface area contributed by atoms with Crippen molar-refractivity contribution in [2.24, 2.45) is 0 Å². The van der Waals surface area contributed by atoms with E-state index < -0.39 is 17.8 Å². The first-order valence-electron chi connectivity index (χ1n) is 11.2. The molecular formula is C26H28N2O6. The van der Waals surface area contributed by atoms with Crippen molar-refractivity contribution in [3.8, 4) is 5.75 Å². The van der Waals surface area contributed by atoms with Gasteiger partial charge in [-0.2, -0.15) is 0 Å². The van der Waals surface area contributed by atoms with Gasteiger partial charge in [0.1, 0.15) is 17.6 Å². The van der Waals surface area contributed by atoms with Gasteiger partial charge in [0.25, 0.3) is 5.91 Å². The van der Waals surface area contributed by atoms with Gasteiger partial charge in [0.15, 0.2) is 0 Å². The minimum atomic E-state index is -1.05. The van der Waals surface area contributed by atoms with Crippen molar-refractivity contribution in [2.45, 2.75) is 51.0 Å². The summed E-state index contributed by atoms with van der Waals surface area (Å²) in [5, 5.41) is 2.89. The second-order valence-corrected chi connectivity index (χ2v) is 8.75. The van der Waals surface area contributed by atoms with Crippen LogP contribution < -0.4 is 15.0 Å². The van der Waals surface area contributed by atoms with Crippen LogP contribution in [0, 0.1) is 0 Å². The maximum atomic E-state index is 13.1. The van der Waals surface area contributed by atoms with Crippen molar-refractivity contribution in [1.29, 1.82) is 0 Å². The molecule has 0 bridgehead atoms. The highest BCUT2D eigenvalue weighted by atomic mass is 16.7. The Morgan fingerprint density at radius 1 is 1.06 bits per heavy atom. The number of nitrogens with zero attached hydrogens (tertiary/aromatic N) is 1. The number of ether oxygens (including phenoxy) is 3. The van der Waals surface area contributed by atoms with E-state index in [0.717, 1.165) is 5.56 Å². The van der Waals surface area contributed by atoms with Crippen LogP contribution in [0.4, 0.5) is 5.69 Å². The predicted octanol–water partition coefficient (Wildman–Crippen LogP) is 3.11. The summed E-state index contributed by atoms with van der Waals surface area (Å²) in [6.07, 6.45) is 2.41. The number of rotatable bonds is 8. The first-order chi connectivity index (χ1) is 16.3. The van der Waals surface area contributed by atoms with E-state index in [1.807, 2.05) is 42.5 Å². The minimum absolute atomic E-state index is 0.185. The number of methoxy groups -OCH3 is 1. The second kappa shape index (κ2) is 9.59. The standard InChI is InChI=1S/C26H28N2O6/c1-26(2)33-20(16-23(30)34-26)13-14-21-24(27-22(29)15-17-7-5-4-6-8-17)25(31)28(21)18-9-11-19(32-3)12-10-18/h4-12,16,21,24H,13-15H2,1-3H3,(H,27,29)/t21-,24+/m1/s1. The molecule has 1 saturated heterocycles. The minimum Gasteiger partial charge on any atom is -0.497 e. The summed E-state index contributed by atoms with van der Waals surface area (Å²) in [6.45, 7) is 3.34. The van der Waals surface area contributed by atoms with Crippen LogP contribution in [0.2, 0.25) is 0 Å². The third-order valence-electron chi connectivity index (χ3n) is 5.78. The number of esters is 1. The van der Waals surface area contributed by atoms with Crippen LogP contribution in [-0.2, 0) is 30.3 Å². The molecule has 34 heavy (non-hydrogen) atoms. The molecule has 1 fully saturated rings. The van der Waals surface area contributed by atoms with Gasteiger partial charge in [0, 0.05) is 26.0 Å². The normalized spacial score (nSPS) is 21.0. The lowest BCUT2D eigenvalue weighted by Gasteiger charge is -2.47. The molecule has 2 aromatic rings. The van der Waals surface area contributed by atoms with Crippen molar-refractivity contribution in [3.05, 3.63) is 72.0 Å². The van der Waals surface area contributed by atoms with Crippen molar-refractivity contribution < 1.29 is 28.6 Å². The number of amides is 2. The average molecular weight is 465 g/mol. The van der Waals surface area contributed by atoms with Crippen LogP contribution in [0.1, 0.15) is 32.3 Å². The molecule has 0 unspecified atom stereocenters. The number of hydrogen-bond donors (Lipinski definition) is 1. The summed E-state index contributed by atoms with van der Waals surface area (Å²) in [5.74, 6) is -0.741. The largest absolute Gasteiger partial charge is 0.497 e. The molecule has 8 nitrogen and oxygen atoms in total. The zero-order valence-corrected chi connectivity index (χ0v) is 19.4. The molecule has 1 N–H and O–H groups in total. The fraction of sp³-hybridized carbons (Fsp3) is 0.346. The fourth-order valence-corrected chi connectivity index (χ4v) is 4.25. The van der Waals surface area contributed by atoms with Crippen molar-refractivity contribution in [1.82, 2.24) is 5.32 Å². The molecule has 4 rings (SSSR count). The smallest absolute Gasteiger partial charge is 0.337 e. The third-order valence-corrected chi connectivity index (χ3v) is 5.78. The molecular weight excluding hydrogens is 436 g/mol. The van der Waals surface area contributed by atoms with Gasteiger partial charge < -0.3 is 24.4 Å². The average Bonchev–Trinajstić information content (AvgIpc) is 2.79. The fourth-order valence-electron chi connectivity index (χ4n) is 4.25. The summed E-state index contributed by atoms with van der Waals surface area (Å²) in [7, 11) is 1.58. The topological polar surface area (TPSA) is 94.2 Å². The molecule has 0 spiro atoms. The Balaban J connectivity index is 1.49. The molecule has 0 aliphatic carbocycles. The van der Waals surface area contributed by atoms with Crippen LogP contribution in [0.15, 0.2) is 66.4 Å². The van der Waals surface area contributed by atoms with E-state index in [0.29, 0.717) is 30.0 Å². The molecule has 2 aliphatic rings. The molecule has 2 atom stereocenters. The lowest BCUT2D eigenvalue weighted by atomic mass is 9.89. The highest BCUT2D eigenvalue weighted by molar-refractivity contribution is 6.07. The van der Waals surface area contributed by atoms with E-state index in [1.54, 1.807) is 38.0 Å². The molecule has 2 aliphatic heterocycles. The van der Waals surface area contributed by atoms with E-state index in [9.17, 15) is 14.4 Å². The summed E-state index contributed by atoms with van der Waals surface area (Å²) in [5.41, 5.74) is 1.58. The maximum absolute atomic E-state index is 13.1. The number of allylic oxidation sites excluding steroid dienone is 1. The number of carbonyl (C=O) groups is 3. The molecule has 2 amide bonds. The van der Waals surface area contributed by atoms with Gasteiger partial charge >= 0.3 is 5.97 Å². The number of nitrogens with one attached hydrogen (secondary N) is 1. The summed E-state index contributed by atoms with van der Waals surface area (Å²) in [6, 6.07) is 15.6. The van der Waals surface area contributed by atoms with Gasteiger partial charge in [0.05, 0.1) is 25.6 Å². The molecule has 178 valence electrons. The number of anilines is 1. The van der Waals surface area contributed by atoms with Crippen molar-refractivity contribution in [2.75, 3.05) is 12.0 Å². The van der Waals surface area contributed by atoms with E-state index in [-0.39, 0.29) is 24.3 Å². The van der Waals surface area contributed by atoms with Crippen molar-refractivity contribution >= 4 is 23.5 Å². The van der Waals surface area contributed by atoms with E-state index in [2.05, 4.69) is 5.32 Å². The third kappa shape index (κ3) is 5.22. The van der Waals surface area contributed by atoms with Gasteiger partial charge in [-0.05, 0) is 36.2 Å². The van der Waals surface area contributed by atoms with Gasteiger partial charge in [-0.3, -0.25) is 9.59 Å². The number of carbonyl (C=O) groups excluding carboxylic acids is 3. The SMILES string of the molecule is COc1ccc(N2C(=O)[C@@H](NC(=O)Cc3ccccc3)[C@H]2CCC2=CC(=O)OC(C)(C)O2)cc1. The first-order valence-corrected chi connectivity index (χ1v) is 11.2. The number of benzene rings is 2. The molecule has 2 aromatic carbocycles. The number of hydrogen-bond acceptors (Lipinski definition) is 6. The van der Waals surface area contributed by atoms with Gasteiger partial charge in [-0.1, -0.05) is 30.3 Å². The van der Waals surface area contributed by atoms with Gasteiger partial charge in [-0.25, -0.2) is 4.79 Å². The summed E-state index contributed by atoms with van der Waals surface area (Å²) >= 11 is 0. The Bertz CT molecular complexity index is 1090. The maximum Gasteiger partial charge on any atom is 0.337 e. The monoisotopic (exact) mass is 464 g/mol. The van der Waals surface area contributed by atoms with Crippen LogP contribution in [0.5, 0.6) is 5.75 Å². The highest BCUT2D eigenvalue weighted by Gasteiger charge is 2.48. The van der Waals surface area contributed by atoms with Gasteiger partial charge in [0.2, 0.25) is 11.7 Å². The lowest BCUT2D eigenvalue weighted by molar-refractivity contribution is -0.206. The Hall–Kier alpha value is -3.81. The van der Waals surface area contributed by atoms with E-state index in [1.165, 1.54) is 6.08 Å². The van der Waals surface area contributed by atoms with E-state index in [4.69, 9.17) is 14.2 Å². The molecule has 0 saturated carbocycles. The van der Waals surface area contributed by atoms with Gasteiger partial charge in [-0.15, -0.1) is 0 Å². The number of cyclic esters (lactones) is 1. The molecule has 0 aromatic heterocycles. The molecule has 8 heteroatoms. The summed E-state index contributed by atoms with van der Waals surface area (Å²) in [4.78, 5) is 39.3. The Morgan fingerprint density at radius 2 is 1.76 bits per heavy atom. The molecule has 0 radical (unpaired) electrons. The zero-order chi connectivity index (χ0) is 24.3. The summed E-state index contributed by atoms with van der Waals surface area (Å²) < 4.78 is 16.1. The Labute approximate surface area is 198 Å².